The summed E-state index contributed by atoms with van der Waals surface area (Å²) in [4.78, 5) is 12.2. The third-order valence-corrected chi connectivity index (χ3v) is 4.28. The highest BCUT2D eigenvalue weighted by Crippen LogP contribution is 2.21. The van der Waals surface area contributed by atoms with Gasteiger partial charge in [0.15, 0.2) is 0 Å². The first kappa shape index (κ1) is 21.0. The maximum absolute atomic E-state index is 12.2. The van der Waals surface area contributed by atoms with Gasteiger partial charge < -0.3 is 15.8 Å². The molecule has 0 bridgehead atoms. The van der Waals surface area contributed by atoms with Crippen LogP contribution in [0.15, 0.2) is 48.5 Å². The number of nitrogens with one attached hydrogen (secondary N) is 1. The molecule has 0 heterocycles. The monoisotopic (exact) mass is 362 g/mol. The molecule has 136 valence electrons. The van der Waals surface area contributed by atoms with Crippen LogP contribution in [0.25, 0.3) is 0 Å². The Morgan fingerprint density at radius 3 is 2.20 bits per heavy atom. The first-order valence-electron chi connectivity index (χ1n) is 8.25. The van der Waals surface area contributed by atoms with Crippen LogP contribution in [0.4, 0.5) is 0 Å². The van der Waals surface area contributed by atoms with Gasteiger partial charge in [0.05, 0.1) is 7.11 Å². The lowest BCUT2D eigenvalue weighted by molar-refractivity contribution is -0.122. The van der Waals surface area contributed by atoms with E-state index in [2.05, 4.69) is 24.4 Å². The van der Waals surface area contributed by atoms with Crippen molar-refractivity contribution in [3.05, 3.63) is 65.2 Å². The summed E-state index contributed by atoms with van der Waals surface area (Å²) in [5, 5.41) is 2.93. The Morgan fingerprint density at radius 2 is 1.64 bits per heavy atom. The average Bonchev–Trinajstić information content (AvgIpc) is 2.61. The fourth-order valence-electron chi connectivity index (χ4n) is 2.55. The van der Waals surface area contributed by atoms with E-state index in [1.54, 1.807) is 7.11 Å². The van der Waals surface area contributed by atoms with Gasteiger partial charge in [-0.3, -0.25) is 4.79 Å². The quantitative estimate of drug-likeness (QED) is 0.788. The molecule has 0 saturated carbocycles. The van der Waals surface area contributed by atoms with Gasteiger partial charge in [-0.25, -0.2) is 0 Å². The Kier molecular flexibility index (Phi) is 8.46. The Labute approximate surface area is 156 Å². The molecule has 0 radical (unpaired) electrons. The molecule has 2 rings (SSSR count). The second kappa shape index (κ2) is 10.1. The summed E-state index contributed by atoms with van der Waals surface area (Å²) in [6.45, 7) is 4.76. The van der Waals surface area contributed by atoms with Gasteiger partial charge in [0.1, 0.15) is 11.8 Å². The van der Waals surface area contributed by atoms with E-state index >= 15 is 0 Å². The van der Waals surface area contributed by atoms with Crippen LogP contribution in [0.2, 0.25) is 0 Å². The van der Waals surface area contributed by atoms with Crippen LogP contribution in [0.5, 0.6) is 5.75 Å². The molecule has 25 heavy (non-hydrogen) atoms. The summed E-state index contributed by atoms with van der Waals surface area (Å²) in [5.74, 6) is 1.07. The highest BCUT2D eigenvalue weighted by molar-refractivity contribution is 5.85. The molecule has 0 spiro atoms. The van der Waals surface area contributed by atoms with Crippen LogP contribution in [-0.4, -0.2) is 19.6 Å². The first-order chi connectivity index (χ1) is 11.5. The molecule has 0 aliphatic carbocycles. The maximum atomic E-state index is 12.2. The molecule has 0 aliphatic heterocycles. The fourth-order valence-corrected chi connectivity index (χ4v) is 2.55. The van der Waals surface area contributed by atoms with Gasteiger partial charge in [-0.2, -0.15) is 0 Å². The van der Waals surface area contributed by atoms with Gasteiger partial charge in [-0.05, 0) is 42.5 Å². The normalized spacial score (nSPS) is 12.6. The third kappa shape index (κ3) is 6.07. The Bertz CT molecular complexity index is 656. The first-order valence-corrected chi connectivity index (χ1v) is 8.25. The maximum Gasteiger partial charge on any atom is 0.241 e. The Morgan fingerprint density at radius 1 is 1.08 bits per heavy atom. The average molecular weight is 363 g/mol. The van der Waals surface area contributed by atoms with Crippen molar-refractivity contribution in [1.29, 1.82) is 0 Å². The van der Waals surface area contributed by atoms with Crippen molar-refractivity contribution in [3.63, 3.8) is 0 Å². The molecule has 1 amide bonds. The summed E-state index contributed by atoms with van der Waals surface area (Å²) in [5.41, 5.74) is 9.24. The highest BCUT2D eigenvalue weighted by atomic mass is 35.5. The van der Waals surface area contributed by atoms with Crippen molar-refractivity contribution in [1.82, 2.24) is 5.32 Å². The molecule has 2 atom stereocenters. The van der Waals surface area contributed by atoms with Crippen molar-refractivity contribution < 1.29 is 9.53 Å². The van der Waals surface area contributed by atoms with E-state index in [9.17, 15) is 4.79 Å². The van der Waals surface area contributed by atoms with E-state index in [0.717, 1.165) is 23.3 Å². The molecule has 0 aliphatic rings. The number of rotatable bonds is 7. The molecule has 5 heteroatoms. The zero-order chi connectivity index (χ0) is 17.5. The van der Waals surface area contributed by atoms with Crippen molar-refractivity contribution >= 4 is 18.3 Å². The van der Waals surface area contributed by atoms with Crippen LogP contribution in [-0.2, 0) is 4.79 Å². The summed E-state index contributed by atoms with van der Waals surface area (Å²) in [6.07, 6.45) is 0.860. The Hall–Kier alpha value is -2.04. The predicted octanol–water partition coefficient (Wildman–Crippen LogP) is 3.74. The van der Waals surface area contributed by atoms with Crippen LogP contribution in [0.3, 0.4) is 0 Å². The lowest BCUT2D eigenvalue weighted by atomic mass is 9.97. The van der Waals surface area contributed by atoms with E-state index in [0.29, 0.717) is 12.5 Å². The topological polar surface area (TPSA) is 64.3 Å². The molecule has 0 fully saturated rings. The summed E-state index contributed by atoms with van der Waals surface area (Å²) >= 11 is 0. The van der Waals surface area contributed by atoms with Crippen molar-refractivity contribution in [3.8, 4) is 5.75 Å². The summed E-state index contributed by atoms with van der Waals surface area (Å²) < 4.78 is 5.17. The SMILES string of the molecule is COc1ccc(C(C)CCNC(=O)C(N)c2ccc(C)cc2)cc1.Cl. The molecular weight excluding hydrogens is 336 g/mol. The standard InChI is InChI=1S/C20H26N2O2.ClH/c1-14-4-6-17(7-5-14)19(21)20(23)22-13-12-15(2)16-8-10-18(24-3)11-9-16;/h4-11,15,19H,12-13,21H2,1-3H3,(H,22,23);1H. The fraction of sp³-hybridized carbons (Fsp3) is 0.350. The lowest BCUT2D eigenvalue weighted by Gasteiger charge is -2.16. The number of aryl methyl sites for hydroxylation is 1. The Balaban J connectivity index is 0.00000312. The van der Waals surface area contributed by atoms with E-state index in [-0.39, 0.29) is 18.3 Å². The van der Waals surface area contributed by atoms with Crippen LogP contribution in [0.1, 0.15) is 42.0 Å². The van der Waals surface area contributed by atoms with Gasteiger partial charge >= 0.3 is 0 Å². The van der Waals surface area contributed by atoms with Crippen LogP contribution >= 0.6 is 12.4 Å². The number of carbonyl (C=O) groups is 1. The van der Waals surface area contributed by atoms with Crippen LogP contribution in [0, 0.1) is 6.92 Å². The van der Waals surface area contributed by atoms with Gasteiger partial charge in [0, 0.05) is 6.54 Å². The van der Waals surface area contributed by atoms with Crippen molar-refractivity contribution in [2.24, 2.45) is 5.73 Å². The minimum Gasteiger partial charge on any atom is -0.497 e. The number of nitrogens with two attached hydrogens (primary N) is 1. The third-order valence-electron chi connectivity index (χ3n) is 4.28. The van der Waals surface area contributed by atoms with E-state index in [4.69, 9.17) is 10.5 Å². The molecule has 4 nitrogen and oxygen atoms in total. The highest BCUT2D eigenvalue weighted by Gasteiger charge is 2.15. The molecule has 2 unspecified atom stereocenters. The smallest absolute Gasteiger partial charge is 0.241 e. The van der Waals surface area contributed by atoms with Gasteiger partial charge in [-0.15, -0.1) is 12.4 Å². The van der Waals surface area contributed by atoms with Gasteiger partial charge in [-0.1, -0.05) is 48.9 Å². The predicted molar refractivity (Wildman–Crippen MR) is 104 cm³/mol. The van der Waals surface area contributed by atoms with E-state index in [1.807, 2.05) is 43.3 Å². The number of carbonyl (C=O) groups excluding carboxylic acids is 1. The number of hydrogen-bond acceptors (Lipinski definition) is 3. The molecule has 0 aromatic heterocycles. The van der Waals surface area contributed by atoms with Gasteiger partial charge in [0.2, 0.25) is 5.91 Å². The number of halogens is 1. The molecule has 2 aromatic carbocycles. The van der Waals surface area contributed by atoms with Gasteiger partial charge in [0.25, 0.3) is 0 Å². The lowest BCUT2D eigenvalue weighted by Crippen LogP contribution is -2.35. The van der Waals surface area contributed by atoms with E-state index < -0.39 is 6.04 Å². The van der Waals surface area contributed by atoms with E-state index in [1.165, 1.54) is 5.56 Å². The number of benzene rings is 2. The zero-order valence-corrected chi connectivity index (χ0v) is 15.8. The minimum absolute atomic E-state index is 0. The number of methoxy groups -OCH3 is 1. The minimum atomic E-state index is -0.623. The van der Waals surface area contributed by atoms with Crippen LogP contribution < -0.4 is 15.8 Å². The summed E-state index contributed by atoms with van der Waals surface area (Å²) in [7, 11) is 1.66. The largest absolute Gasteiger partial charge is 0.497 e. The summed E-state index contributed by atoms with van der Waals surface area (Å²) in [6, 6.07) is 15.1. The number of ether oxygens (including phenoxy) is 1. The molecule has 2 aromatic rings. The zero-order valence-electron chi connectivity index (χ0n) is 15.0. The second-order valence-corrected chi connectivity index (χ2v) is 6.14. The number of amides is 1. The molecular formula is C20H27ClN2O2. The molecule has 3 N–H and O–H groups in total. The van der Waals surface area contributed by atoms with Crippen molar-refractivity contribution in [2.45, 2.75) is 32.2 Å². The second-order valence-electron chi connectivity index (χ2n) is 6.14. The number of hydrogen-bond donors (Lipinski definition) is 2. The molecule has 0 saturated heterocycles. The van der Waals surface area contributed by atoms with Crippen molar-refractivity contribution in [2.75, 3.05) is 13.7 Å².